The standard InChI is InChI=1S/C43H33N3/c1-43(2)35-24-23-33-32-15-9-10-16-37(32)44-41(33)40(35)34-22-21-31(25-36(34)43)27-17-19-29(20-18-27)39-26-38(28-11-5-3-6-12-28)45-42(46-39)30-13-7-4-8-14-30/h3-26,39,44H,1-2H3,(H,45,46). The SMILES string of the molecule is CC1(C)c2cc(-c3ccc(C4C=C(c5ccccc5)NC(c5ccccc5)=N4)cc3)ccc2-c2c1ccc1c2[nH]c2ccccc21. The van der Waals surface area contributed by atoms with E-state index in [2.05, 4.69) is 164 Å². The van der Waals surface area contributed by atoms with Gasteiger partial charge in [0.15, 0.2) is 0 Å². The Kier molecular flexibility index (Phi) is 5.91. The van der Waals surface area contributed by atoms with Crippen molar-refractivity contribution in [2.45, 2.75) is 25.3 Å². The zero-order chi connectivity index (χ0) is 30.8. The molecule has 1 unspecified atom stereocenters. The number of H-pyrrole nitrogens is 1. The predicted molar refractivity (Wildman–Crippen MR) is 192 cm³/mol. The molecule has 2 heterocycles. The van der Waals surface area contributed by atoms with E-state index >= 15 is 0 Å². The lowest BCUT2D eigenvalue weighted by molar-refractivity contribution is 0.661. The molecule has 0 bridgehead atoms. The monoisotopic (exact) mass is 591 g/mol. The zero-order valence-electron chi connectivity index (χ0n) is 25.9. The number of nitrogens with one attached hydrogen (secondary N) is 2. The fourth-order valence-electron chi connectivity index (χ4n) is 7.43. The van der Waals surface area contributed by atoms with Gasteiger partial charge in [-0.05, 0) is 57.2 Å². The van der Waals surface area contributed by atoms with Crippen LogP contribution < -0.4 is 5.32 Å². The molecule has 6 aromatic carbocycles. The van der Waals surface area contributed by atoms with Crippen LogP contribution in [0.3, 0.4) is 0 Å². The largest absolute Gasteiger partial charge is 0.354 e. The summed E-state index contributed by atoms with van der Waals surface area (Å²) in [7, 11) is 0. The molecule has 2 N–H and O–H groups in total. The molecule has 7 aromatic rings. The Morgan fingerprint density at radius 2 is 1.28 bits per heavy atom. The van der Waals surface area contributed by atoms with Crippen LogP contribution in [0.2, 0.25) is 0 Å². The van der Waals surface area contributed by atoms with Crippen molar-refractivity contribution in [3.05, 3.63) is 173 Å². The van der Waals surface area contributed by atoms with Crippen LogP contribution in [0.25, 0.3) is 49.8 Å². The van der Waals surface area contributed by atoms with E-state index in [0.29, 0.717) is 0 Å². The first-order valence-corrected chi connectivity index (χ1v) is 16.0. The molecule has 3 heteroatoms. The molecule has 0 saturated heterocycles. The second-order valence-electron chi connectivity index (χ2n) is 12.9. The van der Waals surface area contributed by atoms with Gasteiger partial charge in [0, 0.05) is 38.5 Å². The number of nitrogens with zero attached hydrogens (tertiary/aromatic N) is 1. The van der Waals surface area contributed by atoms with Crippen LogP contribution in [0.5, 0.6) is 0 Å². The van der Waals surface area contributed by atoms with E-state index in [1.54, 1.807) is 0 Å². The second-order valence-corrected chi connectivity index (χ2v) is 12.9. The van der Waals surface area contributed by atoms with Gasteiger partial charge in [0.1, 0.15) is 5.84 Å². The van der Waals surface area contributed by atoms with E-state index in [1.807, 2.05) is 6.07 Å². The molecule has 0 spiro atoms. The van der Waals surface area contributed by atoms with Gasteiger partial charge in [0.05, 0.1) is 11.6 Å². The number of aromatic amines is 1. The third-order valence-corrected chi connectivity index (χ3v) is 9.88. The van der Waals surface area contributed by atoms with Gasteiger partial charge in [0.2, 0.25) is 0 Å². The summed E-state index contributed by atoms with van der Waals surface area (Å²) in [4.78, 5) is 8.90. The number of rotatable bonds is 4. The van der Waals surface area contributed by atoms with Crippen molar-refractivity contribution in [1.82, 2.24) is 10.3 Å². The Morgan fingerprint density at radius 3 is 2.07 bits per heavy atom. The summed E-state index contributed by atoms with van der Waals surface area (Å²) < 4.78 is 0. The van der Waals surface area contributed by atoms with Crippen molar-refractivity contribution in [2.24, 2.45) is 4.99 Å². The topological polar surface area (TPSA) is 40.2 Å². The molecule has 2 aliphatic rings. The van der Waals surface area contributed by atoms with Crippen LogP contribution in [0, 0.1) is 0 Å². The van der Waals surface area contributed by atoms with Crippen LogP contribution in [0.15, 0.2) is 151 Å². The van der Waals surface area contributed by atoms with Gasteiger partial charge < -0.3 is 10.3 Å². The maximum Gasteiger partial charge on any atom is 0.133 e. The number of aromatic nitrogens is 1. The predicted octanol–water partition coefficient (Wildman–Crippen LogP) is 10.4. The number of hydrogen-bond acceptors (Lipinski definition) is 2. The maximum atomic E-state index is 5.16. The highest BCUT2D eigenvalue weighted by molar-refractivity contribution is 6.14. The van der Waals surface area contributed by atoms with E-state index in [0.717, 1.165) is 22.7 Å². The molecule has 3 nitrogen and oxygen atoms in total. The van der Waals surface area contributed by atoms with E-state index < -0.39 is 0 Å². The molecular formula is C43H33N3. The summed E-state index contributed by atoms with van der Waals surface area (Å²) in [6.07, 6.45) is 2.23. The fourth-order valence-corrected chi connectivity index (χ4v) is 7.43. The first-order valence-electron chi connectivity index (χ1n) is 16.0. The third-order valence-electron chi connectivity index (χ3n) is 9.88. The van der Waals surface area contributed by atoms with Crippen molar-refractivity contribution >= 4 is 33.3 Å². The molecule has 0 radical (unpaired) electrons. The van der Waals surface area contributed by atoms with Crippen molar-refractivity contribution in [1.29, 1.82) is 0 Å². The molecule has 1 aromatic heterocycles. The average molecular weight is 592 g/mol. The summed E-state index contributed by atoms with van der Waals surface area (Å²) in [6.45, 7) is 4.71. The van der Waals surface area contributed by atoms with Crippen molar-refractivity contribution < 1.29 is 0 Å². The third kappa shape index (κ3) is 4.16. The Labute approximate surface area is 269 Å². The van der Waals surface area contributed by atoms with E-state index in [9.17, 15) is 0 Å². The molecule has 1 atom stereocenters. The zero-order valence-corrected chi connectivity index (χ0v) is 25.9. The highest BCUT2D eigenvalue weighted by Gasteiger charge is 2.37. The van der Waals surface area contributed by atoms with Crippen molar-refractivity contribution in [3.63, 3.8) is 0 Å². The minimum atomic E-state index is -0.0949. The van der Waals surface area contributed by atoms with Crippen LogP contribution in [-0.2, 0) is 5.41 Å². The van der Waals surface area contributed by atoms with E-state index in [-0.39, 0.29) is 11.5 Å². The molecule has 9 rings (SSSR count). The molecular weight excluding hydrogens is 558 g/mol. The lowest BCUT2D eigenvalue weighted by Crippen LogP contribution is -2.27. The van der Waals surface area contributed by atoms with Crippen LogP contribution in [0.4, 0.5) is 0 Å². The quantitative estimate of drug-likeness (QED) is 0.210. The van der Waals surface area contributed by atoms with Gasteiger partial charge in [0.25, 0.3) is 0 Å². The fraction of sp³-hybridized carbons (Fsp3) is 0.0930. The summed E-state index contributed by atoms with van der Waals surface area (Å²) in [6, 6.07) is 50.0. The molecule has 46 heavy (non-hydrogen) atoms. The Hall–Kier alpha value is -5.67. The molecule has 220 valence electrons. The number of para-hydroxylation sites is 1. The molecule has 1 aliphatic heterocycles. The van der Waals surface area contributed by atoms with Crippen molar-refractivity contribution in [3.8, 4) is 22.3 Å². The lowest BCUT2D eigenvalue weighted by atomic mass is 9.81. The number of aliphatic imine (C=N–C) groups is 1. The van der Waals surface area contributed by atoms with Gasteiger partial charge in [-0.2, -0.15) is 0 Å². The number of amidine groups is 1. The second kappa shape index (κ2) is 10.2. The number of benzene rings is 6. The highest BCUT2D eigenvalue weighted by atomic mass is 15.0. The van der Waals surface area contributed by atoms with Gasteiger partial charge in [-0.1, -0.05) is 141 Å². The summed E-state index contributed by atoms with van der Waals surface area (Å²) in [5.74, 6) is 0.889. The lowest BCUT2D eigenvalue weighted by Gasteiger charge is -2.23. The minimum absolute atomic E-state index is 0.0899. The smallest absolute Gasteiger partial charge is 0.133 e. The van der Waals surface area contributed by atoms with Crippen LogP contribution in [0.1, 0.15) is 47.7 Å². The molecule has 1 aliphatic carbocycles. The highest BCUT2D eigenvalue weighted by Crippen LogP contribution is 2.52. The number of hydrogen-bond donors (Lipinski definition) is 2. The van der Waals surface area contributed by atoms with E-state index in [4.69, 9.17) is 4.99 Å². The van der Waals surface area contributed by atoms with Crippen LogP contribution >= 0.6 is 0 Å². The number of fused-ring (bicyclic) bond motifs is 7. The van der Waals surface area contributed by atoms with Gasteiger partial charge in [-0.15, -0.1) is 0 Å². The van der Waals surface area contributed by atoms with E-state index in [1.165, 1.54) is 60.8 Å². The van der Waals surface area contributed by atoms with Gasteiger partial charge in [-0.25, -0.2) is 0 Å². The molecule has 0 saturated carbocycles. The first kappa shape index (κ1) is 26.7. The Morgan fingerprint density at radius 1 is 0.587 bits per heavy atom. The summed E-state index contributed by atoms with van der Waals surface area (Å²) in [5, 5.41) is 6.16. The summed E-state index contributed by atoms with van der Waals surface area (Å²) in [5.41, 5.74) is 14.7. The average Bonchev–Trinajstić information content (AvgIpc) is 3.61. The van der Waals surface area contributed by atoms with Crippen molar-refractivity contribution in [2.75, 3.05) is 0 Å². The van der Waals surface area contributed by atoms with Gasteiger partial charge in [-0.3, -0.25) is 4.99 Å². The Balaban J connectivity index is 1.09. The first-order chi connectivity index (χ1) is 22.5. The minimum Gasteiger partial charge on any atom is -0.354 e. The maximum absolute atomic E-state index is 5.16. The Bertz CT molecular complexity index is 2280. The molecule has 0 fully saturated rings. The molecule has 0 amide bonds. The van der Waals surface area contributed by atoms with Gasteiger partial charge >= 0.3 is 0 Å². The summed E-state index contributed by atoms with van der Waals surface area (Å²) >= 11 is 0. The normalized spacial score (nSPS) is 16.4. The van der Waals surface area contributed by atoms with Crippen LogP contribution in [-0.4, -0.2) is 10.8 Å².